The Morgan fingerprint density at radius 3 is 2.21 bits per heavy atom. The molecule has 0 saturated heterocycles. The standard InChI is InChI=1S/C21H24N2O5S/c24-20(17-8-9-17)22-14-4-7-19(21(25)26)23-29(27,28)18-12-10-16(11-13-18)15-5-2-1-3-6-15/h1-3,5-6,10-13,17,19,23H,4,7-9,14H2,(H,22,24)(H,25,26)/t19-/m0/s1. The Kier molecular flexibility index (Phi) is 6.66. The molecule has 2 aromatic rings. The number of carbonyl (C=O) groups is 2. The van der Waals surface area contributed by atoms with Crippen LogP contribution in [0.3, 0.4) is 0 Å². The summed E-state index contributed by atoms with van der Waals surface area (Å²) in [7, 11) is -3.98. The van der Waals surface area contributed by atoms with E-state index in [4.69, 9.17) is 0 Å². The Bertz CT molecular complexity index is 954. The van der Waals surface area contributed by atoms with Gasteiger partial charge in [0, 0.05) is 12.5 Å². The van der Waals surface area contributed by atoms with Crippen molar-refractivity contribution in [2.75, 3.05) is 6.54 Å². The molecule has 1 fully saturated rings. The number of aliphatic carboxylic acids is 1. The summed E-state index contributed by atoms with van der Waals surface area (Å²) < 4.78 is 27.4. The molecule has 29 heavy (non-hydrogen) atoms. The number of sulfonamides is 1. The van der Waals surface area contributed by atoms with Crippen LogP contribution in [-0.4, -0.2) is 38.0 Å². The highest BCUT2D eigenvalue weighted by Crippen LogP contribution is 2.28. The summed E-state index contributed by atoms with van der Waals surface area (Å²) in [4.78, 5) is 23.1. The molecule has 1 saturated carbocycles. The van der Waals surface area contributed by atoms with Crippen LogP contribution >= 0.6 is 0 Å². The Balaban J connectivity index is 1.59. The molecule has 0 heterocycles. The first-order valence-corrected chi connectivity index (χ1v) is 11.0. The van der Waals surface area contributed by atoms with Crippen LogP contribution in [0, 0.1) is 5.92 Å². The van der Waals surface area contributed by atoms with Crippen LogP contribution in [0.2, 0.25) is 0 Å². The number of carboxylic acids is 1. The molecule has 3 rings (SSSR count). The van der Waals surface area contributed by atoms with Gasteiger partial charge in [-0.25, -0.2) is 8.42 Å². The fourth-order valence-corrected chi connectivity index (χ4v) is 4.18. The van der Waals surface area contributed by atoms with E-state index >= 15 is 0 Å². The number of benzene rings is 2. The molecular formula is C21H24N2O5S. The zero-order valence-corrected chi connectivity index (χ0v) is 16.7. The summed E-state index contributed by atoms with van der Waals surface area (Å²) in [6.07, 6.45) is 2.24. The molecule has 0 unspecified atom stereocenters. The smallest absolute Gasteiger partial charge is 0.321 e. The summed E-state index contributed by atoms with van der Waals surface area (Å²) in [5, 5.41) is 12.1. The van der Waals surface area contributed by atoms with Gasteiger partial charge in [0.15, 0.2) is 0 Å². The summed E-state index contributed by atoms with van der Waals surface area (Å²) in [5.41, 5.74) is 1.83. The van der Waals surface area contributed by atoms with Crippen LogP contribution in [0.1, 0.15) is 25.7 Å². The number of carboxylic acid groups (broad SMARTS) is 1. The van der Waals surface area contributed by atoms with E-state index < -0.39 is 22.0 Å². The van der Waals surface area contributed by atoms with Crippen molar-refractivity contribution in [1.29, 1.82) is 0 Å². The highest BCUT2D eigenvalue weighted by molar-refractivity contribution is 7.89. The Morgan fingerprint density at radius 2 is 1.62 bits per heavy atom. The number of carbonyl (C=O) groups excluding carboxylic acids is 1. The van der Waals surface area contributed by atoms with Crippen molar-refractivity contribution < 1.29 is 23.1 Å². The van der Waals surface area contributed by atoms with Gasteiger partial charge in [-0.1, -0.05) is 42.5 Å². The summed E-state index contributed by atoms with van der Waals surface area (Å²) in [6.45, 7) is 0.326. The first kappa shape index (κ1) is 21.0. The van der Waals surface area contributed by atoms with Gasteiger partial charge in [-0.15, -0.1) is 0 Å². The second-order valence-corrected chi connectivity index (χ2v) is 8.82. The summed E-state index contributed by atoms with van der Waals surface area (Å²) in [6, 6.07) is 14.6. The van der Waals surface area contributed by atoms with Crippen LogP contribution in [0.25, 0.3) is 11.1 Å². The molecule has 7 nitrogen and oxygen atoms in total. The maximum atomic E-state index is 12.6. The van der Waals surface area contributed by atoms with Crippen LogP contribution in [-0.2, 0) is 19.6 Å². The molecule has 0 aromatic heterocycles. The predicted molar refractivity (Wildman–Crippen MR) is 109 cm³/mol. The molecule has 0 aliphatic heterocycles. The number of amides is 1. The third-order valence-corrected chi connectivity index (χ3v) is 6.27. The Morgan fingerprint density at radius 1 is 1.00 bits per heavy atom. The quantitative estimate of drug-likeness (QED) is 0.515. The molecule has 1 amide bonds. The van der Waals surface area contributed by atoms with E-state index in [1.54, 1.807) is 12.1 Å². The largest absolute Gasteiger partial charge is 0.480 e. The molecule has 1 atom stereocenters. The minimum Gasteiger partial charge on any atom is -0.480 e. The van der Waals surface area contributed by atoms with Crippen LogP contribution in [0.15, 0.2) is 59.5 Å². The van der Waals surface area contributed by atoms with Gasteiger partial charge < -0.3 is 10.4 Å². The zero-order valence-electron chi connectivity index (χ0n) is 15.9. The molecule has 154 valence electrons. The molecular weight excluding hydrogens is 392 g/mol. The van der Waals surface area contributed by atoms with Crippen molar-refractivity contribution in [1.82, 2.24) is 10.0 Å². The fourth-order valence-electron chi connectivity index (χ4n) is 2.95. The lowest BCUT2D eigenvalue weighted by atomic mass is 10.1. The molecule has 0 bridgehead atoms. The van der Waals surface area contributed by atoms with Gasteiger partial charge in [-0.05, 0) is 48.9 Å². The van der Waals surface area contributed by atoms with Crippen molar-refractivity contribution >= 4 is 21.9 Å². The van der Waals surface area contributed by atoms with E-state index in [-0.39, 0.29) is 23.1 Å². The summed E-state index contributed by atoms with van der Waals surface area (Å²) in [5.74, 6) is -1.18. The average Bonchev–Trinajstić information content (AvgIpc) is 3.56. The van der Waals surface area contributed by atoms with Gasteiger partial charge in [-0.2, -0.15) is 4.72 Å². The van der Waals surface area contributed by atoms with E-state index in [0.29, 0.717) is 13.0 Å². The highest BCUT2D eigenvalue weighted by Gasteiger charge is 2.29. The Labute approximate surface area is 170 Å². The lowest BCUT2D eigenvalue weighted by Crippen LogP contribution is -2.41. The summed E-state index contributed by atoms with van der Waals surface area (Å²) >= 11 is 0. The third kappa shape index (κ3) is 5.88. The zero-order chi connectivity index (χ0) is 20.9. The number of nitrogens with one attached hydrogen (secondary N) is 2. The van der Waals surface area contributed by atoms with Crippen LogP contribution in [0.4, 0.5) is 0 Å². The van der Waals surface area contributed by atoms with Crippen molar-refractivity contribution in [3.05, 3.63) is 54.6 Å². The predicted octanol–water partition coefficient (Wildman–Crippen LogP) is 2.39. The van der Waals surface area contributed by atoms with Gasteiger partial charge >= 0.3 is 5.97 Å². The Hall–Kier alpha value is -2.71. The number of rotatable bonds is 10. The minimum atomic E-state index is -3.98. The minimum absolute atomic E-state index is 0.00506. The highest BCUT2D eigenvalue weighted by atomic mass is 32.2. The SMILES string of the molecule is O=C(NCCC[C@H](NS(=O)(=O)c1ccc(-c2ccccc2)cc1)C(=O)O)C1CC1. The first-order chi connectivity index (χ1) is 13.9. The molecule has 1 aliphatic rings. The van der Waals surface area contributed by atoms with Gasteiger partial charge in [0.2, 0.25) is 15.9 Å². The van der Waals surface area contributed by atoms with Crippen LogP contribution < -0.4 is 10.0 Å². The van der Waals surface area contributed by atoms with E-state index in [1.807, 2.05) is 30.3 Å². The topological polar surface area (TPSA) is 113 Å². The molecule has 2 aromatic carbocycles. The lowest BCUT2D eigenvalue weighted by molar-refractivity contribution is -0.139. The lowest BCUT2D eigenvalue weighted by Gasteiger charge is -2.15. The first-order valence-electron chi connectivity index (χ1n) is 9.55. The van der Waals surface area contributed by atoms with Crippen molar-refractivity contribution in [2.24, 2.45) is 5.92 Å². The van der Waals surface area contributed by atoms with E-state index in [0.717, 1.165) is 24.0 Å². The maximum Gasteiger partial charge on any atom is 0.321 e. The third-order valence-electron chi connectivity index (χ3n) is 4.78. The van der Waals surface area contributed by atoms with E-state index in [2.05, 4.69) is 10.0 Å². The molecule has 8 heteroatoms. The fraction of sp³-hybridized carbons (Fsp3) is 0.333. The van der Waals surface area contributed by atoms with Gasteiger partial charge in [-0.3, -0.25) is 9.59 Å². The van der Waals surface area contributed by atoms with Crippen molar-refractivity contribution in [2.45, 2.75) is 36.6 Å². The van der Waals surface area contributed by atoms with Crippen molar-refractivity contribution in [3.8, 4) is 11.1 Å². The second-order valence-electron chi connectivity index (χ2n) is 7.11. The number of hydrogen-bond acceptors (Lipinski definition) is 4. The van der Waals surface area contributed by atoms with Gasteiger partial charge in [0.25, 0.3) is 0 Å². The monoisotopic (exact) mass is 416 g/mol. The van der Waals surface area contributed by atoms with Crippen LogP contribution in [0.5, 0.6) is 0 Å². The van der Waals surface area contributed by atoms with E-state index in [9.17, 15) is 23.1 Å². The molecule has 0 spiro atoms. The molecule has 0 radical (unpaired) electrons. The van der Waals surface area contributed by atoms with Crippen molar-refractivity contribution in [3.63, 3.8) is 0 Å². The maximum absolute atomic E-state index is 12.6. The normalized spacial score (nSPS) is 14.9. The average molecular weight is 416 g/mol. The second kappa shape index (κ2) is 9.19. The molecule has 3 N–H and O–H groups in total. The van der Waals surface area contributed by atoms with Gasteiger partial charge in [0.1, 0.15) is 6.04 Å². The van der Waals surface area contributed by atoms with E-state index in [1.165, 1.54) is 12.1 Å². The number of hydrogen-bond donors (Lipinski definition) is 3. The molecule has 1 aliphatic carbocycles. The van der Waals surface area contributed by atoms with Gasteiger partial charge in [0.05, 0.1) is 4.90 Å².